The highest BCUT2D eigenvalue weighted by Crippen LogP contribution is 2.42. The van der Waals surface area contributed by atoms with Crippen molar-refractivity contribution in [2.75, 3.05) is 38.3 Å². The van der Waals surface area contributed by atoms with Gasteiger partial charge in [0.05, 0.1) is 4.88 Å². The molecule has 2 aromatic heterocycles. The maximum atomic E-state index is 12.9. The molecule has 2 fully saturated rings. The van der Waals surface area contributed by atoms with E-state index in [1.807, 2.05) is 17.0 Å². The van der Waals surface area contributed by atoms with Gasteiger partial charge in [0, 0.05) is 32.1 Å². The third kappa shape index (κ3) is 3.87. The molecule has 0 N–H and O–H groups in total. The third-order valence-electron chi connectivity index (χ3n) is 5.70. The van der Waals surface area contributed by atoms with Crippen LogP contribution in [0.1, 0.15) is 22.5 Å². The number of amides is 1. The van der Waals surface area contributed by atoms with Gasteiger partial charge in [-0.25, -0.2) is 4.39 Å². The molecule has 1 amide bonds. The first-order chi connectivity index (χ1) is 13.6. The predicted molar refractivity (Wildman–Crippen MR) is 110 cm³/mol. The monoisotopic (exact) mass is 468 g/mol. The molecule has 2 aromatic rings. The molecule has 1 saturated heterocycles. The van der Waals surface area contributed by atoms with Gasteiger partial charge in [-0.05, 0) is 59.0 Å². The number of fused-ring (bicyclic) bond motifs is 1. The number of ether oxygens (including phenoxy) is 1. The molecular weight excluding hydrogens is 447 g/mol. The predicted octanol–water partition coefficient (Wildman–Crippen LogP) is 3.64. The molecule has 0 unspecified atom stereocenters. The zero-order valence-electron chi connectivity index (χ0n) is 15.6. The topological polar surface area (TPSA) is 58.6 Å². The zero-order valence-corrected chi connectivity index (χ0v) is 18.0. The van der Waals surface area contributed by atoms with Crippen LogP contribution < -0.4 is 9.64 Å². The Morgan fingerprint density at radius 2 is 2.18 bits per heavy atom. The average Bonchev–Trinajstić information content (AvgIpc) is 3.41. The molecule has 28 heavy (non-hydrogen) atoms. The van der Waals surface area contributed by atoms with Crippen molar-refractivity contribution in [2.24, 2.45) is 11.8 Å². The van der Waals surface area contributed by atoms with Crippen molar-refractivity contribution < 1.29 is 13.9 Å². The zero-order chi connectivity index (χ0) is 19.7. The number of hydrogen-bond acceptors (Lipinski definition) is 6. The Morgan fingerprint density at radius 1 is 1.32 bits per heavy atom. The van der Waals surface area contributed by atoms with Gasteiger partial charge in [0.15, 0.2) is 10.9 Å². The van der Waals surface area contributed by atoms with Crippen LogP contribution in [0.25, 0.3) is 0 Å². The van der Waals surface area contributed by atoms with Gasteiger partial charge in [-0.3, -0.25) is 4.79 Å². The summed E-state index contributed by atoms with van der Waals surface area (Å²) in [5, 5.41) is 8.96. The molecule has 9 heteroatoms. The first-order valence-corrected chi connectivity index (χ1v) is 11.0. The SMILES string of the molecule is CN(c1ccc(Br)nn1)[C@@H]1CC[C@H]2CN(C(=O)c3ccc(OCCF)s3)C[C@H]21. The Hall–Kier alpha value is -1.74. The van der Waals surface area contributed by atoms with E-state index in [1.54, 1.807) is 12.1 Å². The van der Waals surface area contributed by atoms with Crippen molar-refractivity contribution in [3.8, 4) is 5.06 Å². The summed E-state index contributed by atoms with van der Waals surface area (Å²) in [6.07, 6.45) is 2.22. The highest BCUT2D eigenvalue weighted by molar-refractivity contribution is 9.10. The lowest BCUT2D eigenvalue weighted by atomic mass is 9.97. The van der Waals surface area contributed by atoms with Gasteiger partial charge in [-0.2, -0.15) is 0 Å². The second-order valence-electron chi connectivity index (χ2n) is 7.26. The summed E-state index contributed by atoms with van der Waals surface area (Å²) in [5.41, 5.74) is 0. The number of likely N-dealkylation sites (tertiary alicyclic amines) is 1. The Bertz CT molecular complexity index is 834. The van der Waals surface area contributed by atoms with E-state index in [2.05, 4.69) is 38.1 Å². The normalized spacial score (nSPS) is 23.7. The van der Waals surface area contributed by atoms with Crippen LogP contribution in [0.4, 0.5) is 10.2 Å². The molecule has 0 aromatic carbocycles. The smallest absolute Gasteiger partial charge is 0.264 e. The molecule has 4 rings (SSSR count). The van der Waals surface area contributed by atoms with Crippen LogP contribution >= 0.6 is 27.3 Å². The van der Waals surface area contributed by atoms with Crippen LogP contribution in [0.2, 0.25) is 0 Å². The van der Waals surface area contributed by atoms with Gasteiger partial charge in [-0.1, -0.05) is 11.3 Å². The first-order valence-electron chi connectivity index (χ1n) is 9.36. The van der Waals surface area contributed by atoms with Gasteiger partial charge in [0.2, 0.25) is 0 Å². The molecule has 2 aliphatic rings. The summed E-state index contributed by atoms with van der Waals surface area (Å²) in [4.78, 5) is 17.7. The maximum Gasteiger partial charge on any atom is 0.264 e. The van der Waals surface area contributed by atoms with E-state index in [-0.39, 0.29) is 12.5 Å². The van der Waals surface area contributed by atoms with E-state index in [9.17, 15) is 9.18 Å². The molecule has 1 aliphatic heterocycles. The number of halogens is 2. The number of hydrogen-bond donors (Lipinski definition) is 0. The van der Waals surface area contributed by atoms with Crippen LogP contribution in [0.5, 0.6) is 5.06 Å². The summed E-state index contributed by atoms with van der Waals surface area (Å²) >= 11 is 4.61. The van der Waals surface area contributed by atoms with Crippen LogP contribution in [-0.4, -0.2) is 60.5 Å². The van der Waals surface area contributed by atoms with E-state index in [1.165, 1.54) is 11.3 Å². The molecule has 3 heterocycles. The van der Waals surface area contributed by atoms with Crippen molar-refractivity contribution in [3.05, 3.63) is 33.7 Å². The molecule has 0 radical (unpaired) electrons. The first kappa shape index (κ1) is 19.6. The van der Waals surface area contributed by atoms with E-state index in [0.717, 1.165) is 36.4 Å². The van der Waals surface area contributed by atoms with Crippen molar-refractivity contribution in [1.29, 1.82) is 0 Å². The number of aromatic nitrogens is 2. The van der Waals surface area contributed by atoms with Crippen LogP contribution in [0.15, 0.2) is 28.9 Å². The summed E-state index contributed by atoms with van der Waals surface area (Å²) in [5.74, 6) is 1.84. The van der Waals surface area contributed by atoms with E-state index in [4.69, 9.17) is 4.74 Å². The van der Waals surface area contributed by atoms with Gasteiger partial charge in [0.1, 0.15) is 17.9 Å². The number of carbonyl (C=O) groups excluding carboxylic acids is 1. The standard InChI is InChI=1S/C19H22BrFN4O2S/c1-24(17-6-5-16(20)22-23-17)14-3-2-12-10-25(11-13(12)14)19(26)15-4-7-18(28-15)27-9-8-21/h4-7,12-14H,2-3,8-11H2,1H3/t12-,13+,14+/m0/s1. The lowest BCUT2D eigenvalue weighted by molar-refractivity contribution is 0.0784. The fourth-order valence-electron chi connectivity index (χ4n) is 4.36. The Kier molecular flexibility index (Phi) is 5.82. The van der Waals surface area contributed by atoms with Gasteiger partial charge >= 0.3 is 0 Å². The highest BCUT2D eigenvalue weighted by atomic mass is 79.9. The number of alkyl halides is 1. The molecular formula is C19H22BrFN4O2S. The van der Waals surface area contributed by atoms with Crippen molar-refractivity contribution in [1.82, 2.24) is 15.1 Å². The summed E-state index contributed by atoms with van der Waals surface area (Å²) < 4.78 is 18.3. The number of thiophene rings is 1. The second kappa shape index (κ2) is 8.32. The van der Waals surface area contributed by atoms with Crippen LogP contribution in [0, 0.1) is 11.8 Å². The Morgan fingerprint density at radius 3 is 2.93 bits per heavy atom. The summed E-state index contributed by atoms with van der Waals surface area (Å²) in [6.45, 7) is 1.03. The Balaban J connectivity index is 1.42. The number of rotatable bonds is 6. The summed E-state index contributed by atoms with van der Waals surface area (Å²) in [6, 6.07) is 7.73. The minimum absolute atomic E-state index is 0.0228. The van der Waals surface area contributed by atoms with Crippen molar-refractivity contribution in [3.63, 3.8) is 0 Å². The number of anilines is 1. The maximum absolute atomic E-state index is 12.9. The van der Waals surface area contributed by atoms with E-state index < -0.39 is 6.67 Å². The Labute approximate surface area is 175 Å². The van der Waals surface area contributed by atoms with Crippen LogP contribution in [0.3, 0.4) is 0 Å². The number of carbonyl (C=O) groups is 1. The molecule has 0 spiro atoms. The lowest BCUT2D eigenvalue weighted by Crippen LogP contribution is -2.39. The van der Waals surface area contributed by atoms with Gasteiger partial charge in [-0.15, -0.1) is 10.2 Å². The highest BCUT2D eigenvalue weighted by Gasteiger charge is 2.46. The minimum Gasteiger partial charge on any atom is -0.481 e. The fraction of sp³-hybridized carbons (Fsp3) is 0.526. The summed E-state index contributed by atoms with van der Waals surface area (Å²) in [7, 11) is 2.06. The molecule has 150 valence electrons. The van der Waals surface area contributed by atoms with Gasteiger partial charge in [0.25, 0.3) is 5.91 Å². The fourth-order valence-corrected chi connectivity index (χ4v) is 5.42. The third-order valence-corrected chi connectivity index (χ3v) is 7.11. The lowest BCUT2D eigenvalue weighted by Gasteiger charge is -2.30. The minimum atomic E-state index is -0.533. The number of nitrogens with zero attached hydrogens (tertiary/aromatic N) is 4. The molecule has 0 bridgehead atoms. The quantitative estimate of drug-likeness (QED) is 0.647. The van der Waals surface area contributed by atoms with E-state index in [0.29, 0.717) is 27.8 Å². The molecule has 3 atom stereocenters. The van der Waals surface area contributed by atoms with Crippen molar-refractivity contribution in [2.45, 2.75) is 18.9 Å². The van der Waals surface area contributed by atoms with Crippen molar-refractivity contribution >= 4 is 39.0 Å². The molecule has 1 aliphatic carbocycles. The largest absolute Gasteiger partial charge is 0.481 e. The molecule has 6 nitrogen and oxygen atoms in total. The van der Waals surface area contributed by atoms with Gasteiger partial charge < -0.3 is 14.5 Å². The van der Waals surface area contributed by atoms with Crippen LogP contribution in [-0.2, 0) is 0 Å². The second-order valence-corrected chi connectivity index (χ2v) is 9.12. The molecule has 1 saturated carbocycles. The average molecular weight is 469 g/mol. The van der Waals surface area contributed by atoms with E-state index >= 15 is 0 Å².